The normalized spacial score (nSPS) is 23.1. The van der Waals surface area contributed by atoms with E-state index in [1.165, 1.54) is 0 Å². The Hall–Kier alpha value is -1.62. The molecule has 114 valence electrons. The van der Waals surface area contributed by atoms with E-state index in [2.05, 4.69) is 22.6 Å². The standard InChI is InChI=1S/C16H23N3O2/c20-16(14-4-2-1-3-5-14)18-15-10-17-19(12-15)11-13-6-8-21-9-7-13/h1-2,10,12-14H,3-9,11H2,(H,18,20). The van der Waals surface area contributed by atoms with E-state index >= 15 is 0 Å². The zero-order valence-electron chi connectivity index (χ0n) is 12.3. The predicted molar refractivity (Wildman–Crippen MR) is 80.9 cm³/mol. The average Bonchev–Trinajstić information content (AvgIpc) is 2.96. The second kappa shape index (κ2) is 6.89. The molecule has 1 aliphatic heterocycles. The number of hydrogen-bond acceptors (Lipinski definition) is 3. The van der Waals surface area contributed by atoms with Gasteiger partial charge in [-0.25, -0.2) is 0 Å². The third-order valence-electron chi connectivity index (χ3n) is 4.33. The van der Waals surface area contributed by atoms with Crippen molar-refractivity contribution >= 4 is 11.6 Å². The van der Waals surface area contributed by atoms with Gasteiger partial charge in [0.15, 0.2) is 0 Å². The van der Waals surface area contributed by atoms with Crippen LogP contribution < -0.4 is 5.32 Å². The highest BCUT2D eigenvalue weighted by Crippen LogP contribution is 2.21. The van der Waals surface area contributed by atoms with E-state index in [1.54, 1.807) is 6.20 Å². The topological polar surface area (TPSA) is 56.2 Å². The van der Waals surface area contributed by atoms with E-state index < -0.39 is 0 Å². The monoisotopic (exact) mass is 289 g/mol. The lowest BCUT2D eigenvalue weighted by Crippen LogP contribution is -2.23. The van der Waals surface area contributed by atoms with Crippen LogP contribution in [0.4, 0.5) is 5.69 Å². The first-order chi connectivity index (χ1) is 10.3. The molecule has 21 heavy (non-hydrogen) atoms. The number of ether oxygens (including phenoxy) is 1. The summed E-state index contributed by atoms with van der Waals surface area (Å²) >= 11 is 0. The largest absolute Gasteiger partial charge is 0.381 e. The number of allylic oxidation sites excluding steroid dienone is 2. The van der Waals surface area contributed by atoms with Crippen LogP contribution in [0.5, 0.6) is 0 Å². The van der Waals surface area contributed by atoms with Crippen LogP contribution in [-0.2, 0) is 16.1 Å². The Kier molecular flexibility index (Phi) is 4.70. The molecule has 1 unspecified atom stereocenters. The van der Waals surface area contributed by atoms with Gasteiger partial charge >= 0.3 is 0 Å². The van der Waals surface area contributed by atoms with E-state index in [0.29, 0.717) is 5.92 Å². The Balaban J connectivity index is 1.52. The van der Waals surface area contributed by atoms with Gasteiger partial charge in [-0.05, 0) is 38.0 Å². The molecule has 0 saturated carbocycles. The summed E-state index contributed by atoms with van der Waals surface area (Å²) in [7, 11) is 0. The van der Waals surface area contributed by atoms with Crippen molar-refractivity contribution in [1.29, 1.82) is 0 Å². The van der Waals surface area contributed by atoms with Crippen molar-refractivity contribution in [3.05, 3.63) is 24.5 Å². The highest BCUT2D eigenvalue weighted by molar-refractivity contribution is 5.92. The van der Waals surface area contributed by atoms with E-state index in [9.17, 15) is 4.79 Å². The Morgan fingerprint density at radius 2 is 2.19 bits per heavy atom. The van der Waals surface area contributed by atoms with Crippen LogP contribution in [0.2, 0.25) is 0 Å². The van der Waals surface area contributed by atoms with E-state index in [4.69, 9.17) is 4.74 Å². The lowest BCUT2D eigenvalue weighted by atomic mass is 9.94. The molecular weight excluding hydrogens is 266 g/mol. The molecule has 1 amide bonds. The van der Waals surface area contributed by atoms with Crippen LogP contribution in [0.25, 0.3) is 0 Å². The zero-order chi connectivity index (χ0) is 14.5. The van der Waals surface area contributed by atoms with Gasteiger partial charge in [0.2, 0.25) is 5.91 Å². The molecule has 1 fully saturated rings. The van der Waals surface area contributed by atoms with Crippen LogP contribution in [0.15, 0.2) is 24.5 Å². The van der Waals surface area contributed by atoms with Crippen LogP contribution >= 0.6 is 0 Å². The second-order valence-corrected chi connectivity index (χ2v) is 5.98. The number of aromatic nitrogens is 2. The lowest BCUT2D eigenvalue weighted by molar-refractivity contribution is -0.120. The summed E-state index contributed by atoms with van der Waals surface area (Å²) in [5.74, 6) is 0.851. The van der Waals surface area contributed by atoms with Crippen molar-refractivity contribution < 1.29 is 9.53 Å². The molecule has 0 spiro atoms. The Morgan fingerprint density at radius 1 is 1.33 bits per heavy atom. The van der Waals surface area contributed by atoms with Gasteiger partial charge < -0.3 is 10.1 Å². The number of nitrogens with one attached hydrogen (secondary N) is 1. The SMILES string of the molecule is O=C(Nc1cnn(CC2CCOCC2)c1)C1CC=CCC1. The first kappa shape index (κ1) is 14.3. The Morgan fingerprint density at radius 3 is 2.95 bits per heavy atom. The second-order valence-electron chi connectivity index (χ2n) is 5.98. The summed E-state index contributed by atoms with van der Waals surface area (Å²) in [5.41, 5.74) is 0.807. The maximum absolute atomic E-state index is 12.2. The van der Waals surface area contributed by atoms with Gasteiger partial charge in [0.1, 0.15) is 0 Å². The first-order valence-corrected chi connectivity index (χ1v) is 7.87. The van der Waals surface area contributed by atoms with Crippen molar-refractivity contribution in [1.82, 2.24) is 9.78 Å². The minimum Gasteiger partial charge on any atom is -0.381 e. The quantitative estimate of drug-likeness (QED) is 0.867. The molecule has 1 saturated heterocycles. The number of amides is 1. The molecule has 0 radical (unpaired) electrons. The molecule has 2 aliphatic rings. The third kappa shape index (κ3) is 3.94. The predicted octanol–water partition coefficient (Wildman–Crippen LogP) is 2.60. The van der Waals surface area contributed by atoms with Gasteiger partial charge in [-0.15, -0.1) is 0 Å². The molecule has 5 heteroatoms. The van der Waals surface area contributed by atoms with Gasteiger partial charge in [0, 0.05) is 31.9 Å². The maximum atomic E-state index is 12.2. The number of nitrogens with zero attached hydrogens (tertiary/aromatic N) is 2. The fourth-order valence-electron chi connectivity index (χ4n) is 3.00. The maximum Gasteiger partial charge on any atom is 0.227 e. The summed E-state index contributed by atoms with van der Waals surface area (Å²) < 4.78 is 7.31. The molecular formula is C16H23N3O2. The van der Waals surface area contributed by atoms with Gasteiger partial charge in [0.05, 0.1) is 11.9 Å². The highest BCUT2D eigenvalue weighted by atomic mass is 16.5. The summed E-state index contributed by atoms with van der Waals surface area (Å²) in [6.07, 6.45) is 12.9. The molecule has 1 atom stereocenters. The summed E-state index contributed by atoms with van der Waals surface area (Å²) in [6.45, 7) is 2.61. The van der Waals surface area contributed by atoms with Crippen molar-refractivity contribution in [2.75, 3.05) is 18.5 Å². The molecule has 5 nitrogen and oxygen atoms in total. The zero-order valence-corrected chi connectivity index (χ0v) is 12.3. The average molecular weight is 289 g/mol. The fraction of sp³-hybridized carbons (Fsp3) is 0.625. The lowest BCUT2D eigenvalue weighted by Gasteiger charge is -2.21. The van der Waals surface area contributed by atoms with Crippen molar-refractivity contribution in [2.24, 2.45) is 11.8 Å². The van der Waals surface area contributed by atoms with E-state index in [0.717, 1.165) is 57.6 Å². The van der Waals surface area contributed by atoms with Crippen LogP contribution in [0, 0.1) is 11.8 Å². The number of rotatable bonds is 4. The third-order valence-corrected chi connectivity index (χ3v) is 4.33. The fourth-order valence-corrected chi connectivity index (χ4v) is 3.00. The number of carbonyl (C=O) groups is 1. The Bertz CT molecular complexity index is 503. The molecule has 1 aromatic heterocycles. The van der Waals surface area contributed by atoms with E-state index in [1.807, 2.05) is 10.9 Å². The number of anilines is 1. The number of hydrogen-bond donors (Lipinski definition) is 1. The van der Waals surface area contributed by atoms with Gasteiger partial charge in [0.25, 0.3) is 0 Å². The van der Waals surface area contributed by atoms with Crippen molar-refractivity contribution in [2.45, 2.75) is 38.6 Å². The minimum absolute atomic E-state index is 0.105. The molecule has 1 N–H and O–H groups in total. The van der Waals surface area contributed by atoms with Gasteiger partial charge in [-0.3, -0.25) is 9.48 Å². The van der Waals surface area contributed by atoms with Crippen LogP contribution in [0.3, 0.4) is 0 Å². The molecule has 0 aromatic carbocycles. The molecule has 0 bridgehead atoms. The molecule has 3 rings (SSSR count). The number of carbonyl (C=O) groups excluding carboxylic acids is 1. The summed E-state index contributed by atoms with van der Waals surface area (Å²) in [4.78, 5) is 12.2. The van der Waals surface area contributed by atoms with Gasteiger partial charge in [-0.1, -0.05) is 12.2 Å². The van der Waals surface area contributed by atoms with Gasteiger partial charge in [-0.2, -0.15) is 5.10 Å². The first-order valence-electron chi connectivity index (χ1n) is 7.87. The molecule has 1 aliphatic carbocycles. The van der Waals surface area contributed by atoms with Crippen LogP contribution in [0.1, 0.15) is 32.1 Å². The molecule has 2 heterocycles. The van der Waals surface area contributed by atoms with Crippen molar-refractivity contribution in [3.8, 4) is 0 Å². The van der Waals surface area contributed by atoms with Crippen LogP contribution in [-0.4, -0.2) is 28.9 Å². The minimum atomic E-state index is 0.105. The highest BCUT2D eigenvalue weighted by Gasteiger charge is 2.19. The Labute approximate surface area is 125 Å². The summed E-state index contributed by atoms with van der Waals surface area (Å²) in [6, 6.07) is 0. The smallest absolute Gasteiger partial charge is 0.227 e. The summed E-state index contributed by atoms with van der Waals surface area (Å²) in [5, 5.41) is 7.34. The van der Waals surface area contributed by atoms with Crippen molar-refractivity contribution in [3.63, 3.8) is 0 Å². The molecule has 1 aromatic rings. The van der Waals surface area contributed by atoms with E-state index in [-0.39, 0.29) is 11.8 Å².